The Bertz CT molecular complexity index is 172. The van der Waals surface area contributed by atoms with Gasteiger partial charge in [0.15, 0.2) is 0 Å². The van der Waals surface area contributed by atoms with Gasteiger partial charge in [-0.2, -0.15) is 0 Å². The van der Waals surface area contributed by atoms with Crippen molar-refractivity contribution in [1.29, 1.82) is 0 Å². The molecule has 76 valence electrons. The molecule has 0 saturated carbocycles. The van der Waals surface area contributed by atoms with E-state index in [1.807, 2.05) is 0 Å². The summed E-state index contributed by atoms with van der Waals surface area (Å²) in [5, 5.41) is 7.75. The van der Waals surface area contributed by atoms with Crippen molar-refractivity contribution in [3.8, 4) is 0 Å². The maximum Gasteiger partial charge on any atom is 0.408 e. The fourth-order valence-electron chi connectivity index (χ4n) is 0.564. The van der Waals surface area contributed by atoms with E-state index in [4.69, 9.17) is 4.74 Å². The molecule has 2 N–H and O–H groups in total. The minimum atomic E-state index is -0.514. The first-order valence-electron chi connectivity index (χ1n) is 4.06. The summed E-state index contributed by atoms with van der Waals surface area (Å²) in [6.07, 6.45) is -1.18. The number of nitrogens with one attached hydrogen (secondary N) is 2. The SMILES string of the molecule is CC(N=O)NCNC(=O)OC(C)C. The molecule has 0 aliphatic carbocycles. The van der Waals surface area contributed by atoms with Gasteiger partial charge in [0.05, 0.1) is 12.8 Å². The van der Waals surface area contributed by atoms with Crippen LogP contribution in [0.5, 0.6) is 0 Å². The van der Waals surface area contributed by atoms with E-state index in [9.17, 15) is 9.70 Å². The molecule has 0 aromatic carbocycles. The van der Waals surface area contributed by atoms with E-state index in [-0.39, 0.29) is 12.8 Å². The second-order valence-corrected chi connectivity index (χ2v) is 2.79. The number of hydrogen-bond acceptors (Lipinski definition) is 5. The summed E-state index contributed by atoms with van der Waals surface area (Å²) >= 11 is 0. The summed E-state index contributed by atoms with van der Waals surface area (Å²) in [6, 6.07) is 0. The molecule has 0 aliphatic rings. The lowest BCUT2D eigenvalue weighted by Gasteiger charge is -2.10. The van der Waals surface area contributed by atoms with E-state index < -0.39 is 12.3 Å². The van der Waals surface area contributed by atoms with Gasteiger partial charge >= 0.3 is 6.09 Å². The van der Waals surface area contributed by atoms with Crippen LogP contribution in [-0.2, 0) is 4.74 Å². The van der Waals surface area contributed by atoms with E-state index >= 15 is 0 Å². The highest BCUT2D eigenvalue weighted by Crippen LogP contribution is 1.87. The zero-order chi connectivity index (χ0) is 10.3. The van der Waals surface area contributed by atoms with Gasteiger partial charge in [0, 0.05) is 0 Å². The van der Waals surface area contributed by atoms with Gasteiger partial charge in [-0.25, -0.2) is 4.79 Å². The van der Waals surface area contributed by atoms with Gasteiger partial charge in [0.25, 0.3) is 0 Å². The van der Waals surface area contributed by atoms with Crippen LogP contribution < -0.4 is 10.6 Å². The molecule has 1 amide bonds. The molecule has 0 fully saturated rings. The van der Waals surface area contributed by atoms with E-state index in [2.05, 4.69) is 15.8 Å². The highest BCUT2D eigenvalue weighted by atomic mass is 16.6. The molecule has 0 aromatic rings. The van der Waals surface area contributed by atoms with Gasteiger partial charge in [-0.3, -0.25) is 5.32 Å². The molecule has 0 spiro atoms. The van der Waals surface area contributed by atoms with E-state index in [1.54, 1.807) is 20.8 Å². The lowest BCUT2D eigenvalue weighted by atomic mass is 10.5. The van der Waals surface area contributed by atoms with Crippen LogP contribution in [0.1, 0.15) is 20.8 Å². The highest BCUT2D eigenvalue weighted by molar-refractivity contribution is 5.67. The topological polar surface area (TPSA) is 79.8 Å². The maximum atomic E-state index is 10.8. The van der Waals surface area contributed by atoms with E-state index in [0.717, 1.165) is 0 Å². The number of rotatable bonds is 5. The highest BCUT2D eigenvalue weighted by Gasteiger charge is 2.04. The Morgan fingerprint density at radius 1 is 1.46 bits per heavy atom. The average molecular weight is 189 g/mol. The molecule has 0 aliphatic heterocycles. The molecular weight excluding hydrogens is 174 g/mol. The summed E-state index contributed by atoms with van der Waals surface area (Å²) in [7, 11) is 0. The molecule has 1 unspecified atom stereocenters. The maximum absolute atomic E-state index is 10.8. The standard InChI is InChI=1S/C7H15N3O3/c1-5(2)13-7(11)9-4-8-6(3)10-12/h5-6,8H,4H2,1-3H3,(H,9,11). The third kappa shape index (κ3) is 7.20. The molecule has 0 aromatic heterocycles. The number of ether oxygens (including phenoxy) is 1. The Hall–Kier alpha value is -1.17. The first-order chi connectivity index (χ1) is 6.06. The Labute approximate surface area is 77.0 Å². The number of carbonyl (C=O) groups is 1. The van der Waals surface area contributed by atoms with E-state index in [0.29, 0.717) is 0 Å². The first kappa shape index (κ1) is 11.8. The summed E-state index contributed by atoms with van der Waals surface area (Å²) in [4.78, 5) is 20.7. The number of amides is 1. The van der Waals surface area contributed by atoms with E-state index in [1.165, 1.54) is 0 Å². The zero-order valence-corrected chi connectivity index (χ0v) is 8.03. The molecule has 6 nitrogen and oxygen atoms in total. The second kappa shape index (κ2) is 6.36. The lowest BCUT2D eigenvalue weighted by Crippen LogP contribution is -2.38. The van der Waals surface area contributed by atoms with Crippen molar-refractivity contribution < 1.29 is 9.53 Å². The van der Waals surface area contributed by atoms with Gasteiger partial charge in [0.1, 0.15) is 6.17 Å². The van der Waals surface area contributed by atoms with Crippen molar-refractivity contribution in [1.82, 2.24) is 10.6 Å². The Kier molecular flexibility index (Phi) is 5.79. The normalized spacial score (nSPS) is 12.3. The molecule has 0 rings (SSSR count). The summed E-state index contributed by atoms with van der Waals surface area (Å²) in [5.41, 5.74) is 0. The zero-order valence-electron chi connectivity index (χ0n) is 8.03. The third-order valence-electron chi connectivity index (χ3n) is 1.13. The summed E-state index contributed by atoms with van der Waals surface area (Å²) < 4.78 is 4.77. The number of hydrogen-bond donors (Lipinski definition) is 2. The van der Waals surface area contributed by atoms with Gasteiger partial charge in [-0.05, 0) is 20.8 Å². The predicted octanol–water partition coefficient (Wildman–Crippen LogP) is 0.780. The van der Waals surface area contributed by atoms with Crippen LogP contribution in [0, 0.1) is 4.91 Å². The molecule has 0 radical (unpaired) electrons. The third-order valence-corrected chi connectivity index (χ3v) is 1.13. The number of nitrogens with zero attached hydrogens (tertiary/aromatic N) is 1. The van der Waals surface area contributed by atoms with Crippen LogP contribution in [-0.4, -0.2) is 25.0 Å². The van der Waals surface area contributed by atoms with Crippen LogP contribution in [0.25, 0.3) is 0 Å². The van der Waals surface area contributed by atoms with Crippen LogP contribution in [0.4, 0.5) is 4.79 Å². The van der Waals surface area contributed by atoms with Crippen molar-refractivity contribution in [3.05, 3.63) is 4.91 Å². The largest absolute Gasteiger partial charge is 0.447 e. The van der Waals surface area contributed by atoms with Crippen molar-refractivity contribution in [2.24, 2.45) is 5.18 Å². The number of carbonyl (C=O) groups excluding carboxylic acids is 1. The molecule has 0 bridgehead atoms. The summed E-state index contributed by atoms with van der Waals surface area (Å²) in [5.74, 6) is 0. The number of nitroso groups, excluding NO2 is 1. The van der Waals surface area contributed by atoms with Gasteiger partial charge in [-0.15, -0.1) is 4.91 Å². The Morgan fingerprint density at radius 2 is 2.08 bits per heavy atom. The second-order valence-electron chi connectivity index (χ2n) is 2.79. The smallest absolute Gasteiger partial charge is 0.408 e. The van der Waals surface area contributed by atoms with Gasteiger partial charge in [0.2, 0.25) is 0 Å². The van der Waals surface area contributed by atoms with Crippen LogP contribution >= 0.6 is 0 Å². The van der Waals surface area contributed by atoms with Gasteiger partial charge in [-0.1, -0.05) is 5.18 Å². The van der Waals surface area contributed by atoms with Crippen molar-refractivity contribution in [2.45, 2.75) is 33.0 Å². The molecule has 0 saturated heterocycles. The van der Waals surface area contributed by atoms with Gasteiger partial charge < -0.3 is 10.1 Å². The average Bonchev–Trinajstić information content (AvgIpc) is 2.02. The Morgan fingerprint density at radius 3 is 2.54 bits per heavy atom. The molecular formula is C7H15N3O3. The monoisotopic (exact) mass is 189 g/mol. The predicted molar refractivity (Wildman–Crippen MR) is 48.0 cm³/mol. The molecule has 0 heterocycles. The van der Waals surface area contributed by atoms with Crippen molar-refractivity contribution in [3.63, 3.8) is 0 Å². The molecule has 13 heavy (non-hydrogen) atoms. The van der Waals surface area contributed by atoms with Crippen molar-refractivity contribution >= 4 is 6.09 Å². The fourth-order valence-corrected chi connectivity index (χ4v) is 0.564. The van der Waals surface area contributed by atoms with Crippen LogP contribution in [0.2, 0.25) is 0 Å². The minimum Gasteiger partial charge on any atom is -0.447 e. The quantitative estimate of drug-likeness (QED) is 0.494. The molecule has 6 heteroatoms. The molecule has 1 atom stereocenters. The summed E-state index contributed by atoms with van der Waals surface area (Å²) in [6.45, 7) is 5.26. The van der Waals surface area contributed by atoms with Crippen LogP contribution in [0.15, 0.2) is 5.18 Å². The minimum absolute atomic E-state index is 0.151. The van der Waals surface area contributed by atoms with Crippen molar-refractivity contribution in [2.75, 3.05) is 6.67 Å². The fraction of sp³-hybridized carbons (Fsp3) is 0.857. The first-order valence-corrected chi connectivity index (χ1v) is 4.06. The number of alkyl carbamates (subject to hydrolysis) is 1. The lowest BCUT2D eigenvalue weighted by molar-refractivity contribution is 0.115. The Balaban J connectivity index is 3.42. The van der Waals surface area contributed by atoms with Crippen LogP contribution in [0.3, 0.4) is 0 Å².